The largest absolute Gasteiger partial charge is 0.492 e. The number of aliphatic imine (C=N–C) groups is 1. The van der Waals surface area contributed by atoms with Crippen LogP contribution in [0.15, 0.2) is 29.3 Å². The molecule has 0 spiro atoms. The van der Waals surface area contributed by atoms with E-state index >= 15 is 0 Å². The van der Waals surface area contributed by atoms with Crippen LogP contribution < -0.4 is 15.4 Å². The van der Waals surface area contributed by atoms with Crippen molar-refractivity contribution in [1.29, 1.82) is 0 Å². The Labute approximate surface area is 209 Å². The normalized spacial score (nSPS) is 19.4. The number of ether oxygens (including phenoxy) is 4. The van der Waals surface area contributed by atoms with Crippen molar-refractivity contribution in [2.45, 2.75) is 19.4 Å². The van der Waals surface area contributed by atoms with Crippen LogP contribution in [-0.2, 0) is 20.8 Å². The first kappa shape index (κ1) is 27.1. The molecule has 0 aliphatic carbocycles. The van der Waals surface area contributed by atoms with Crippen molar-refractivity contribution in [3.63, 3.8) is 0 Å². The Balaban J connectivity index is 0.00000363. The van der Waals surface area contributed by atoms with Gasteiger partial charge in [-0.05, 0) is 30.5 Å². The summed E-state index contributed by atoms with van der Waals surface area (Å²) in [6.45, 7) is 10.0. The molecule has 9 heteroatoms. The molecule has 0 saturated carbocycles. The Hall–Kier alpha value is -1.14. The van der Waals surface area contributed by atoms with Gasteiger partial charge in [-0.15, -0.1) is 24.0 Å². The number of hydrogen-bond acceptors (Lipinski definition) is 6. The molecule has 3 rings (SSSR count). The zero-order chi connectivity index (χ0) is 21.6. The molecule has 0 bridgehead atoms. The molecular formula is C23H39IN4O4. The lowest BCUT2D eigenvalue weighted by molar-refractivity contribution is 0.0322. The second-order valence-corrected chi connectivity index (χ2v) is 7.96. The maximum absolute atomic E-state index is 5.94. The predicted octanol–water partition coefficient (Wildman–Crippen LogP) is 2.12. The quantitative estimate of drug-likeness (QED) is 0.175. The lowest BCUT2D eigenvalue weighted by atomic mass is 10.1. The number of benzene rings is 1. The van der Waals surface area contributed by atoms with E-state index in [1.54, 1.807) is 7.05 Å². The van der Waals surface area contributed by atoms with Gasteiger partial charge in [-0.2, -0.15) is 0 Å². The molecule has 8 nitrogen and oxygen atoms in total. The number of morpholine rings is 1. The van der Waals surface area contributed by atoms with Gasteiger partial charge in [0.2, 0.25) is 0 Å². The number of guanidine groups is 1. The number of nitrogens with zero attached hydrogens (tertiary/aromatic N) is 2. The molecule has 2 saturated heterocycles. The molecular weight excluding hydrogens is 523 g/mol. The fourth-order valence-electron chi connectivity index (χ4n) is 3.61. The van der Waals surface area contributed by atoms with E-state index in [1.807, 2.05) is 12.1 Å². The smallest absolute Gasteiger partial charge is 0.191 e. The highest BCUT2D eigenvalue weighted by Crippen LogP contribution is 2.14. The maximum atomic E-state index is 5.94. The van der Waals surface area contributed by atoms with Crippen LogP contribution >= 0.6 is 24.0 Å². The van der Waals surface area contributed by atoms with E-state index in [9.17, 15) is 0 Å². The first-order chi connectivity index (χ1) is 15.3. The fourth-order valence-corrected chi connectivity index (χ4v) is 3.61. The van der Waals surface area contributed by atoms with Crippen molar-refractivity contribution in [3.05, 3.63) is 29.8 Å². The molecule has 32 heavy (non-hydrogen) atoms. The van der Waals surface area contributed by atoms with Gasteiger partial charge in [0.25, 0.3) is 0 Å². The van der Waals surface area contributed by atoms with Crippen molar-refractivity contribution in [2.24, 2.45) is 10.9 Å². The van der Waals surface area contributed by atoms with Gasteiger partial charge in [0.05, 0.1) is 26.4 Å². The zero-order valence-corrected chi connectivity index (χ0v) is 21.6. The molecule has 0 aromatic heterocycles. The minimum absolute atomic E-state index is 0. The van der Waals surface area contributed by atoms with Gasteiger partial charge in [-0.3, -0.25) is 9.89 Å². The van der Waals surface area contributed by atoms with Gasteiger partial charge in [0.15, 0.2) is 5.96 Å². The van der Waals surface area contributed by atoms with E-state index in [0.717, 1.165) is 95.9 Å². The Kier molecular flexibility index (Phi) is 14.0. The summed E-state index contributed by atoms with van der Waals surface area (Å²) in [6.07, 6.45) is 2.07. The number of hydrogen-bond donors (Lipinski definition) is 2. The Morgan fingerprint density at radius 3 is 2.81 bits per heavy atom. The summed E-state index contributed by atoms with van der Waals surface area (Å²) < 4.78 is 22.4. The minimum Gasteiger partial charge on any atom is -0.492 e. The van der Waals surface area contributed by atoms with Crippen molar-refractivity contribution in [2.75, 3.05) is 79.5 Å². The molecule has 0 radical (unpaired) electrons. The molecule has 1 aromatic rings. The molecule has 2 aliphatic rings. The lowest BCUT2D eigenvalue weighted by Gasteiger charge is -2.26. The van der Waals surface area contributed by atoms with Crippen LogP contribution in [0.2, 0.25) is 0 Å². The van der Waals surface area contributed by atoms with Crippen LogP contribution in [0.3, 0.4) is 0 Å². The third kappa shape index (κ3) is 10.7. The summed E-state index contributed by atoms with van der Waals surface area (Å²) in [5.74, 6) is 2.27. The van der Waals surface area contributed by atoms with Crippen LogP contribution in [0.4, 0.5) is 0 Å². The average molecular weight is 562 g/mol. The first-order valence-corrected chi connectivity index (χ1v) is 11.5. The van der Waals surface area contributed by atoms with Crippen molar-refractivity contribution in [1.82, 2.24) is 15.5 Å². The Morgan fingerprint density at radius 1 is 1.16 bits per heavy atom. The fraction of sp³-hybridized carbons (Fsp3) is 0.696. The summed E-state index contributed by atoms with van der Waals surface area (Å²) in [4.78, 5) is 6.67. The van der Waals surface area contributed by atoms with Gasteiger partial charge < -0.3 is 29.6 Å². The van der Waals surface area contributed by atoms with E-state index in [2.05, 4.69) is 32.7 Å². The minimum atomic E-state index is 0. The van der Waals surface area contributed by atoms with E-state index in [0.29, 0.717) is 19.1 Å². The van der Waals surface area contributed by atoms with Crippen LogP contribution in [0.1, 0.15) is 18.4 Å². The molecule has 1 atom stereocenters. The predicted molar refractivity (Wildman–Crippen MR) is 137 cm³/mol. The molecule has 2 aliphatic heterocycles. The topological polar surface area (TPSA) is 76.6 Å². The Morgan fingerprint density at radius 2 is 2.03 bits per heavy atom. The van der Waals surface area contributed by atoms with Crippen LogP contribution in [0, 0.1) is 5.92 Å². The third-order valence-electron chi connectivity index (χ3n) is 5.50. The lowest BCUT2D eigenvalue weighted by Crippen LogP contribution is -2.38. The highest BCUT2D eigenvalue weighted by molar-refractivity contribution is 14.0. The van der Waals surface area contributed by atoms with E-state index in [4.69, 9.17) is 18.9 Å². The third-order valence-corrected chi connectivity index (χ3v) is 5.50. The number of nitrogens with one attached hydrogen (secondary N) is 2. The summed E-state index contributed by atoms with van der Waals surface area (Å²) in [5, 5.41) is 6.70. The second kappa shape index (κ2) is 16.5. The van der Waals surface area contributed by atoms with Gasteiger partial charge in [0, 0.05) is 58.9 Å². The van der Waals surface area contributed by atoms with Crippen molar-refractivity contribution in [3.8, 4) is 5.75 Å². The highest BCUT2D eigenvalue weighted by Gasteiger charge is 2.15. The zero-order valence-electron chi connectivity index (χ0n) is 19.2. The summed E-state index contributed by atoms with van der Waals surface area (Å²) in [5.41, 5.74) is 1.16. The SMILES string of the molecule is CN=C(NCCCOCC1CCOC1)NCc1cccc(OCCN2CCOCC2)c1.I. The molecule has 0 amide bonds. The highest BCUT2D eigenvalue weighted by atomic mass is 127. The molecule has 182 valence electrons. The standard InChI is InChI=1S/C23H38N4O4.HI/c1-24-23(25-7-3-11-29-18-21-6-12-30-19-21)26-17-20-4-2-5-22(16-20)31-15-10-27-8-13-28-14-9-27;/h2,4-5,16,21H,3,6-15,17-19H2,1H3,(H2,24,25,26);1H. The molecule has 2 fully saturated rings. The van der Waals surface area contributed by atoms with E-state index in [-0.39, 0.29) is 24.0 Å². The molecule has 1 aromatic carbocycles. The Bertz CT molecular complexity index is 653. The average Bonchev–Trinajstić information content (AvgIpc) is 3.33. The summed E-state index contributed by atoms with van der Waals surface area (Å²) >= 11 is 0. The summed E-state index contributed by atoms with van der Waals surface area (Å²) in [7, 11) is 1.79. The monoisotopic (exact) mass is 562 g/mol. The number of rotatable bonds is 12. The summed E-state index contributed by atoms with van der Waals surface area (Å²) in [6, 6.07) is 8.22. The maximum Gasteiger partial charge on any atom is 0.191 e. The molecule has 2 N–H and O–H groups in total. The van der Waals surface area contributed by atoms with E-state index in [1.165, 1.54) is 0 Å². The van der Waals surface area contributed by atoms with Gasteiger partial charge in [0.1, 0.15) is 12.4 Å². The van der Waals surface area contributed by atoms with Crippen LogP contribution in [0.25, 0.3) is 0 Å². The van der Waals surface area contributed by atoms with E-state index < -0.39 is 0 Å². The van der Waals surface area contributed by atoms with Crippen LogP contribution in [-0.4, -0.2) is 90.3 Å². The van der Waals surface area contributed by atoms with Gasteiger partial charge in [-0.1, -0.05) is 12.1 Å². The number of halogens is 1. The van der Waals surface area contributed by atoms with Crippen molar-refractivity contribution >= 4 is 29.9 Å². The van der Waals surface area contributed by atoms with Gasteiger partial charge in [-0.25, -0.2) is 0 Å². The first-order valence-electron chi connectivity index (χ1n) is 11.5. The molecule has 1 unspecified atom stereocenters. The van der Waals surface area contributed by atoms with Gasteiger partial charge >= 0.3 is 0 Å². The second-order valence-electron chi connectivity index (χ2n) is 7.96. The molecule has 2 heterocycles. The van der Waals surface area contributed by atoms with Crippen LogP contribution in [0.5, 0.6) is 5.75 Å². The van der Waals surface area contributed by atoms with Crippen molar-refractivity contribution < 1.29 is 18.9 Å².